The van der Waals surface area contributed by atoms with Gasteiger partial charge < -0.3 is 5.32 Å². The Labute approximate surface area is 97.8 Å². The molecule has 0 spiro atoms. The van der Waals surface area contributed by atoms with Crippen LogP contribution in [-0.4, -0.2) is 21.4 Å². The molecule has 0 bridgehead atoms. The molecule has 1 saturated heterocycles. The van der Waals surface area contributed by atoms with E-state index in [1.807, 2.05) is 6.92 Å². The first-order valence-electron chi connectivity index (χ1n) is 5.17. The highest BCUT2D eigenvalue weighted by atomic mass is 32.2. The number of thioether (sulfide) groups is 1. The molecule has 2 heterocycles. The molecule has 1 fully saturated rings. The van der Waals surface area contributed by atoms with Gasteiger partial charge in [-0.25, -0.2) is 4.98 Å². The van der Waals surface area contributed by atoms with Gasteiger partial charge in [-0.15, -0.1) is 11.8 Å². The van der Waals surface area contributed by atoms with Gasteiger partial charge in [0.1, 0.15) is 0 Å². The molecule has 1 aromatic rings. The zero-order valence-corrected chi connectivity index (χ0v) is 9.81. The number of hydrogen-bond acceptors (Lipinski definition) is 3. The summed E-state index contributed by atoms with van der Waals surface area (Å²) in [5, 5.41) is 2.76. The predicted octanol–water partition coefficient (Wildman–Crippen LogP) is 2.44. The molecule has 2 rings (SSSR count). The molecular weight excluding hydrogens is 227 g/mol. The van der Waals surface area contributed by atoms with Gasteiger partial charge in [-0.2, -0.15) is 4.39 Å². The van der Waals surface area contributed by atoms with Gasteiger partial charge in [0.15, 0.2) is 0 Å². The van der Waals surface area contributed by atoms with Gasteiger partial charge in [0.25, 0.3) is 0 Å². The maximum absolute atomic E-state index is 12.6. The minimum Gasteiger partial charge on any atom is -0.324 e. The van der Waals surface area contributed by atoms with Gasteiger partial charge >= 0.3 is 0 Å². The maximum Gasteiger partial charge on any atom is 0.240 e. The van der Waals surface area contributed by atoms with E-state index in [1.54, 1.807) is 11.8 Å². The number of nitrogens with zero attached hydrogens (tertiary/aromatic N) is 1. The molecular formula is C11H13FN2OS. The largest absolute Gasteiger partial charge is 0.324 e. The highest BCUT2D eigenvalue weighted by molar-refractivity contribution is 8.01. The second kappa shape index (κ2) is 4.41. The molecule has 0 radical (unpaired) electrons. The van der Waals surface area contributed by atoms with Crippen molar-refractivity contribution < 1.29 is 9.18 Å². The molecule has 16 heavy (non-hydrogen) atoms. The van der Waals surface area contributed by atoms with E-state index in [9.17, 15) is 9.18 Å². The molecule has 1 aliphatic heterocycles. The summed E-state index contributed by atoms with van der Waals surface area (Å²) in [4.78, 5) is 15.5. The van der Waals surface area contributed by atoms with Crippen LogP contribution in [0, 0.1) is 5.95 Å². The normalized spacial score (nSPS) is 24.4. The van der Waals surface area contributed by atoms with Crippen LogP contribution in [0.2, 0.25) is 0 Å². The summed E-state index contributed by atoms with van der Waals surface area (Å²) in [6, 6.07) is 2.75. The summed E-state index contributed by atoms with van der Waals surface area (Å²) in [5.41, 5.74) is 0.542. The average Bonchev–Trinajstić information content (AvgIpc) is 2.70. The smallest absolute Gasteiger partial charge is 0.240 e. The van der Waals surface area contributed by atoms with Crippen LogP contribution in [0.25, 0.3) is 0 Å². The lowest BCUT2D eigenvalue weighted by molar-refractivity contribution is -0.118. The molecule has 3 nitrogen and oxygen atoms in total. The van der Waals surface area contributed by atoms with Crippen LogP contribution in [0.15, 0.2) is 18.3 Å². The summed E-state index contributed by atoms with van der Waals surface area (Å²) >= 11 is 1.67. The first-order chi connectivity index (χ1) is 7.60. The zero-order valence-electron chi connectivity index (χ0n) is 9.00. The van der Waals surface area contributed by atoms with Crippen molar-refractivity contribution in [2.75, 3.05) is 11.1 Å². The average molecular weight is 240 g/mol. The van der Waals surface area contributed by atoms with Gasteiger partial charge in [0.05, 0.1) is 16.6 Å². The molecule has 1 aliphatic rings. The Bertz CT molecular complexity index is 387. The first-order valence-corrected chi connectivity index (χ1v) is 6.16. The number of aromatic nitrogens is 1. The van der Waals surface area contributed by atoms with Crippen molar-refractivity contribution in [1.82, 2.24) is 4.98 Å². The van der Waals surface area contributed by atoms with Gasteiger partial charge in [0, 0.05) is 0 Å². The van der Waals surface area contributed by atoms with Crippen molar-refractivity contribution in [2.45, 2.75) is 24.5 Å². The van der Waals surface area contributed by atoms with E-state index in [0.717, 1.165) is 18.6 Å². The number of anilines is 1. The molecule has 0 saturated carbocycles. The fourth-order valence-corrected chi connectivity index (χ4v) is 2.88. The molecule has 1 unspecified atom stereocenters. The van der Waals surface area contributed by atoms with E-state index < -0.39 is 5.95 Å². The Balaban J connectivity index is 2.04. The fraction of sp³-hybridized carbons (Fsp3) is 0.455. The number of halogens is 1. The SMILES string of the molecule is CC1(C(=O)Nc2ccc(F)nc2)CCCS1. The maximum atomic E-state index is 12.6. The van der Waals surface area contributed by atoms with E-state index >= 15 is 0 Å². The summed E-state index contributed by atoms with van der Waals surface area (Å²) in [7, 11) is 0. The predicted molar refractivity (Wildman–Crippen MR) is 62.9 cm³/mol. The third-order valence-corrected chi connectivity index (χ3v) is 4.20. The minimum absolute atomic E-state index is 0.0246. The first kappa shape index (κ1) is 11.4. The number of amides is 1. The highest BCUT2D eigenvalue weighted by Crippen LogP contribution is 2.38. The quantitative estimate of drug-likeness (QED) is 0.807. The number of carbonyl (C=O) groups is 1. The second-order valence-corrected chi connectivity index (χ2v) is 5.60. The third kappa shape index (κ3) is 2.35. The lowest BCUT2D eigenvalue weighted by Crippen LogP contribution is -2.34. The van der Waals surface area contributed by atoms with E-state index in [0.29, 0.717) is 5.69 Å². The van der Waals surface area contributed by atoms with Crippen LogP contribution in [0.5, 0.6) is 0 Å². The Hall–Kier alpha value is -1.10. The topological polar surface area (TPSA) is 42.0 Å². The van der Waals surface area contributed by atoms with Crippen molar-refractivity contribution >= 4 is 23.4 Å². The summed E-state index contributed by atoms with van der Waals surface area (Å²) < 4.78 is 12.2. The van der Waals surface area contributed by atoms with Gasteiger partial charge in [0.2, 0.25) is 11.9 Å². The molecule has 0 aromatic carbocycles. The molecule has 0 aliphatic carbocycles. The van der Waals surface area contributed by atoms with E-state index in [-0.39, 0.29) is 10.7 Å². The fourth-order valence-electron chi connectivity index (χ4n) is 1.67. The number of carbonyl (C=O) groups excluding carboxylic acids is 1. The van der Waals surface area contributed by atoms with E-state index in [1.165, 1.54) is 18.3 Å². The summed E-state index contributed by atoms with van der Waals surface area (Å²) in [6.45, 7) is 1.94. The number of nitrogens with one attached hydrogen (secondary N) is 1. The van der Waals surface area contributed by atoms with Gasteiger partial charge in [-0.05, 0) is 37.7 Å². The third-order valence-electron chi connectivity index (χ3n) is 2.68. The molecule has 5 heteroatoms. The Kier molecular flexibility index (Phi) is 3.14. The van der Waals surface area contributed by atoms with Crippen LogP contribution in [0.1, 0.15) is 19.8 Å². The van der Waals surface area contributed by atoms with Crippen molar-refractivity contribution in [1.29, 1.82) is 0 Å². The number of rotatable bonds is 2. The van der Waals surface area contributed by atoms with Crippen LogP contribution in [0.3, 0.4) is 0 Å². The Morgan fingerprint density at radius 1 is 1.62 bits per heavy atom. The molecule has 1 N–H and O–H groups in total. The van der Waals surface area contributed by atoms with Crippen LogP contribution < -0.4 is 5.32 Å². The van der Waals surface area contributed by atoms with Crippen LogP contribution in [0.4, 0.5) is 10.1 Å². The summed E-state index contributed by atoms with van der Waals surface area (Å²) in [5.74, 6) is 0.453. The number of hydrogen-bond donors (Lipinski definition) is 1. The highest BCUT2D eigenvalue weighted by Gasteiger charge is 2.37. The van der Waals surface area contributed by atoms with Crippen molar-refractivity contribution in [2.24, 2.45) is 0 Å². The van der Waals surface area contributed by atoms with E-state index in [4.69, 9.17) is 0 Å². The van der Waals surface area contributed by atoms with Crippen LogP contribution in [-0.2, 0) is 4.79 Å². The lowest BCUT2D eigenvalue weighted by Gasteiger charge is -2.21. The van der Waals surface area contributed by atoms with Crippen molar-refractivity contribution in [3.63, 3.8) is 0 Å². The van der Waals surface area contributed by atoms with Crippen LogP contribution >= 0.6 is 11.8 Å². The van der Waals surface area contributed by atoms with Crippen molar-refractivity contribution in [3.05, 3.63) is 24.3 Å². The lowest BCUT2D eigenvalue weighted by atomic mass is 10.0. The zero-order chi connectivity index (χ0) is 11.6. The van der Waals surface area contributed by atoms with Gasteiger partial charge in [-0.1, -0.05) is 0 Å². The monoisotopic (exact) mass is 240 g/mol. The number of pyridine rings is 1. The molecule has 1 atom stereocenters. The second-order valence-electron chi connectivity index (χ2n) is 4.01. The Morgan fingerprint density at radius 3 is 3.00 bits per heavy atom. The van der Waals surface area contributed by atoms with Gasteiger partial charge in [-0.3, -0.25) is 4.79 Å². The minimum atomic E-state index is -0.542. The Morgan fingerprint density at radius 2 is 2.44 bits per heavy atom. The molecule has 86 valence electrons. The summed E-state index contributed by atoms with van der Waals surface area (Å²) in [6.07, 6.45) is 3.28. The van der Waals surface area contributed by atoms with Crippen molar-refractivity contribution in [3.8, 4) is 0 Å². The molecule has 1 aromatic heterocycles. The van der Waals surface area contributed by atoms with E-state index in [2.05, 4.69) is 10.3 Å². The standard InChI is InChI=1S/C11H13FN2OS/c1-11(5-2-6-16-11)10(15)14-8-3-4-9(12)13-7-8/h3-4,7H,2,5-6H2,1H3,(H,14,15). The molecule has 1 amide bonds.